The Hall–Kier alpha value is -1.79. The molecule has 124 valence electrons. The lowest BCUT2D eigenvalue weighted by Crippen LogP contribution is -2.53. The number of likely N-dealkylation sites (tertiary alicyclic amines) is 1. The molecule has 2 fully saturated rings. The summed E-state index contributed by atoms with van der Waals surface area (Å²) >= 11 is 0. The van der Waals surface area contributed by atoms with Crippen LogP contribution in [0.2, 0.25) is 0 Å². The Morgan fingerprint density at radius 2 is 2.13 bits per heavy atom. The van der Waals surface area contributed by atoms with Crippen molar-refractivity contribution < 1.29 is 19.7 Å². The van der Waals surface area contributed by atoms with Crippen LogP contribution in [0.4, 0.5) is 0 Å². The number of carboxylic acids is 1. The summed E-state index contributed by atoms with van der Waals surface area (Å²) in [6, 6.07) is 5.03. The molecular formula is C17H22N2O4. The molecule has 2 atom stereocenters. The number of carbonyl (C=O) groups is 1. The number of benzene rings is 1. The molecule has 23 heavy (non-hydrogen) atoms. The summed E-state index contributed by atoms with van der Waals surface area (Å²) in [6.07, 6.45) is 2.83. The highest BCUT2D eigenvalue weighted by Crippen LogP contribution is 2.47. The van der Waals surface area contributed by atoms with E-state index in [0.717, 1.165) is 44.6 Å². The van der Waals surface area contributed by atoms with E-state index in [-0.39, 0.29) is 17.2 Å². The van der Waals surface area contributed by atoms with Gasteiger partial charge in [-0.1, -0.05) is 6.07 Å². The van der Waals surface area contributed by atoms with E-state index in [2.05, 4.69) is 10.2 Å². The van der Waals surface area contributed by atoms with Crippen LogP contribution >= 0.6 is 0 Å². The number of rotatable bonds is 2. The second-order valence-electron chi connectivity index (χ2n) is 6.91. The summed E-state index contributed by atoms with van der Waals surface area (Å²) in [5, 5.41) is 22.0. The molecule has 1 aromatic rings. The molecule has 6 nitrogen and oxygen atoms in total. The quantitative estimate of drug-likeness (QED) is 0.753. The van der Waals surface area contributed by atoms with Crippen LogP contribution in [0.5, 0.6) is 11.5 Å². The molecule has 0 radical (unpaired) electrons. The van der Waals surface area contributed by atoms with Gasteiger partial charge in [0.15, 0.2) is 0 Å². The van der Waals surface area contributed by atoms with Crippen LogP contribution in [0.1, 0.15) is 24.8 Å². The van der Waals surface area contributed by atoms with Crippen molar-refractivity contribution >= 4 is 5.97 Å². The molecule has 0 bridgehead atoms. The molecule has 0 amide bonds. The lowest BCUT2D eigenvalue weighted by molar-refractivity contribution is -0.140. The van der Waals surface area contributed by atoms with Crippen molar-refractivity contribution in [2.24, 2.45) is 0 Å². The summed E-state index contributed by atoms with van der Waals surface area (Å²) in [7, 11) is 0. The van der Waals surface area contributed by atoms with Crippen LogP contribution in [0.25, 0.3) is 0 Å². The minimum absolute atomic E-state index is 0.0181. The van der Waals surface area contributed by atoms with Gasteiger partial charge in [0.05, 0.1) is 6.61 Å². The third-order valence-electron chi connectivity index (χ3n) is 5.72. The number of hydrogen-bond acceptors (Lipinski definition) is 5. The molecular weight excluding hydrogens is 296 g/mol. The van der Waals surface area contributed by atoms with Crippen LogP contribution in [0.15, 0.2) is 18.2 Å². The predicted octanol–water partition coefficient (Wildman–Crippen LogP) is 0.933. The number of phenols is 1. The molecule has 6 heteroatoms. The maximum absolute atomic E-state index is 11.4. The number of piperidine rings is 1. The maximum Gasteiger partial charge on any atom is 0.322 e. The summed E-state index contributed by atoms with van der Waals surface area (Å²) in [4.78, 5) is 13.7. The first-order valence-corrected chi connectivity index (χ1v) is 8.26. The van der Waals surface area contributed by atoms with Gasteiger partial charge in [-0.05, 0) is 45.0 Å². The lowest BCUT2D eigenvalue weighted by Gasteiger charge is -2.41. The first kappa shape index (κ1) is 14.8. The van der Waals surface area contributed by atoms with E-state index in [0.29, 0.717) is 6.61 Å². The number of nitrogens with one attached hydrogen (secondary N) is 1. The van der Waals surface area contributed by atoms with Gasteiger partial charge in [0.2, 0.25) is 0 Å². The standard InChI is InChI=1S/C17H22N2O4/c20-11-1-2-12-14(9-11)23-10-17(12)4-7-19(8-5-17)13-3-6-18-15(13)16(21)22/h1-2,9,13,15,18,20H,3-8,10H2,(H,21,22)/t13?,15-/m0/s1. The van der Waals surface area contributed by atoms with Gasteiger partial charge in [-0.3, -0.25) is 9.69 Å². The van der Waals surface area contributed by atoms with Crippen LogP contribution in [-0.4, -0.2) is 59.4 Å². The molecule has 3 aliphatic rings. The van der Waals surface area contributed by atoms with E-state index in [9.17, 15) is 15.0 Å². The molecule has 3 aliphatic heterocycles. The summed E-state index contributed by atoms with van der Waals surface area (Å²) in [5.41, 5.74) is 1.21. The highest BCUT2D eigenvalue weighted by Gasteiger charge is 2.46. The molecule has 3 heterocycles. The Kier molecular flexibility index (Phi) is 3.46. The number of hydrogen-bond donors (Lipinski definition) is 3. The van der Waals surface area contributed by atoms with Gasteiger partial charge in [-0.2, -0.15) is 0 Å². The monoisotopic (exact) mass is 318 g/mol. The third-order valence-corrected chi connectivity index (χ3v) is 5.72. The van der Waals surface area contributed by atoms with E-state index in [4.69, 9.17) is 4.74 Å². The Balaban J connectivity index is 1.49. The summed E-state index contributed by atoms with van der Waals surface area (Å²) in [6.45, 7) is 3.21. The molecule has 0 aromatic heterocycles. The van der Waals surface area contributed by atoms with Gasteiger partial charge < -0.3 is 20.3 Å². The molecule has 4 rings (SSSR count). The van der Waals surface area contributed by atoms with Crippen LogP contribution < -0.4 is 10.1 Å². The van der Waals surface area contributed by atoms with Crippen molar-refractivity contribution in [1.29, 1.82) is 0 Å². The molecule has 1 spiro atoms. The topological polar surface area (TPSA) is 82.0 Å². The zero-order valence-corrected chi connectivity index (χ0v) is 13.0. The zero-order valence-electron chi connectivity index (χ0n) is 13.0. The zero-order chi connectivity index (χ0) is 16.0. The number of carboxylic acid groups (broad SMARTS) is 1. The SMILES string of the molecule is O=C(O)[C@H]1NCCC1N1CCC2(CC1)COc1cc(O)ccc12. The average molecular weight is 318 g/mol. The Labute approximate surface area is 135 Å². The van der Waals surface area contributed by atoms with E-state index < -0.39 is 12.0 Å². The van der Waals surface area contributed by atoms with Gasteiger partial charge in [-0.15, -0.1) is 0 Å². The summed E-state index contributed by atoms with van der Waals surface area (Å²) in [5.74, 6) is 0.279. The van der Waals surface area contributed by atoms with Gasteiger partial charge >= 0.3 is 5.97 Å². The average Bonchev–Trinajstić information content (AvgIpc) is 3.14. The van der Waals surface area contributed by atoms with Gasteiger partial charge in [0, 0.05) is 23.1 Å². The fourth-order valence-electron chi connectivity index (χ4n) is 4.39. The smallest absolute Gasteiger partial charge is 0.322 e. The highest BCUT2D eigenvalue weighted by atomic mass is 16.5. The first-order chi connectivity index (χ1) is 11.1. The minimum atomic E-state index is -0.752. The third kappa shape index (κ3) is 2.37. The molecule has 1 aromatic carbocycles. The van der Waals surface area contributed by atoms with E-state index >= 15 is 0 Å². The van der Waals surface area contributed by atoms with Crippen molar-refractivity contribution in [3.63, 3.8) is 0 Å². The number of aliphatic carboxylic acids is 1. The minimum Gasteiger partial charge on any atom is -0.508 e. The number of fused-ring (bicyclic) bond motifs is 2. The molecule has 2 saturated heterocycles. The fraction of sp³-hybridized carbons (Fsp3) is 0.588. The number of aromatic hydroxyl groups is 1. The van der Waals surface area contributed by atoms with Gasteiger partial charge in [0.1, 0.15) is 17.5 Å². The Morgan fingerprint density at radius 1 is 1.35 bits per heavy atom. The van der Waals surface area contributed by atoms with Crippen LogP contribution in [0, 0.1) is 0 Å². The number of nitrogens with zero attached hydrogens (tertiary/aromatic N) is 1. The van der Waals surface area contributed by atoms with Crippen LogP contribution in [-0.2, 0) is 10.2 Å². The lowest BCUT2D eigenvalue weighted by atomic mass is 9.74. The maximum atomic E-state index is 11.4. The molecule has 0 aliphatic carbocycles. The Morgan fingerprint density at radius 3 is 2.87 bits per heavy atom. The number of phenolic OH excluding ortho intramolecular Hbond substituents is 1. The van der Waals surface area contributed by atoms with E-state index in [1.807, 2.05) is 6.07 Å². The highest BCUT2D eigenvalue weighted by molar-refractivity contribution is 5.75. The largest absolute Gasteiger partial charge is 0.508 e. The van der Waals surface area contributed by atoms with E-state index in [1.165, 1.54) is 5.56 Å². The molecule has 0 saturated carbocycles. The van der Waals surface area contributed by atoms with Gasteiger partial charge in [-0.25, -0.2) is 0 Å². The van der Waals surface area contributed by atoms with Crippen molar-refractivity contribution in [2.45, 2.75) is 36.8 Å². The van der Waals surface area contributed by atoms with Crippen molar-refractivity contribution in [3.05, 3.63) is 23.8 Å². The normalized spacial score (nSPS) is 29.4. The second-order valence-corrected chi connectivity index (χ2v) is 6.91. The predicted molar refractivity (Wildman–Crippen MR) is 83.9 cm³/mol. The summed E-state index contributed by atoms with van der Waals surface area (Å²) < 4.78 is 5.81. The van der Waals surface area contributed by atoms with E-state index in [1.54, 1.807) is 12.1 Å². The van der Waals surface area contributed by atoms with Gasteiger partial charge in [0.25, 0.3) is 0 Å². The van der Waals surface area contributed by atoms with Crippen molar-refractivity contribution in [1.82, 2.24) is 10.2 Å². The van der Waals surface area contributed by atoms with Crippen molar-refractivity contribution in [3.8, 4) is 11.5 Å². The number of ether oxygens (including phenoxy) is 1. The Bertz CT molecular complexity index is 625. The molecule has 3 N–H and O–H groups in total. The molecule has 1 unspecified atom stereocenters. The van der Waals surface area contributed by atoms with Crippen molar-refractivity contribution in [2.75, 3.05) is 26.2 Å². The first-order valence-electron chi connectivity index (χ1n) is 8.26. The fourth-order valence-corrected chi connectivity index (χ4v) is 4.39. The van der Waals surface area contributed by atoms with Crippen LogP contribution in [0.3, 0.4) is 0 Å². The second kappa shape index (κ2) is 5.39.